The molecule has 2 aromatic rings. The van der Waals surface area contributed by atoms with Gasteiger partial charge in [0.2, 0.25) is 5.56 Å². The molecule has 1 N–H and O–H groups in total. The Kier molecular flexibility index (Phi) is 3.37. The summed E-state index contributed by atoms with van der Waals surface area (Å²) in [6, 6.07) is 13.3. The van der Waals surface area contributed by atoms with Crippen molar-refractivity contribution in [3.63, 3.8) is 0 Å². The fraction of sp³-hybridized carbons (Fsp3) is 0.250. The smallest absolute Gasteiger partial charge is 0.255 e. The molecule has 1 aliphatic rings. The molecule has 3 rings (SSSR count). The second kappa shape index (κ2) is 5.33. The van der Waals surface area contributed by atoms with E-state index in [2.05, 4.69) is 4.98 Å². The summed E-state index contributed by atoms with van der Waals surface area (Å²) in [6.45, 7) is 0.615. The van der Waals surface area contributed by atoms with E-state index >= 15 is 0 Å². The van der Waals surface area contributed by atoms with Gasteiger partial charge in [-0.1, -0.05) is 30.3 Å². The van der Waals surface area contributed by atoms with E-state index in [0.29, 0.717) is 18.2 Å². The van der Waals surface area contributed by atoms with Crippen molar-refractivity contribution in [1.29, 1.82) is 0 Å². The maximum atomic E-state index is 12.5. The number of carbonyl (C=O) groups excluding carboxylic acids is 1. The molecule has 20 heavy (non-hydrogen) atoms. The second-order valence-electron chi connectivity index (χ2n) is 5.09. The number of benzene rings is 1. The lowest BCUT2D eigenvalue weighted by Crippen LogP contribution is -2.32. The normalized spacial score (nSPS) is 14.0. The SMILES string of the molecule is O=C(c1ccc(=O)[nH]c1)N(Cc1ccccc1)C1CC1. The Labute approximate surface area is 117 Å². The van der Waals surface area contributed by atoms with Crippen molar-refractivity contribution >= 4 is 5.91 Å². The number of aromatic nitrogens is 1. The van der Waals surface area contributed by atoms with Gasteiger partial charge in [0.1, 0.15) is 0 Å². The molecule has 1 aromatic carbocycles. The van der Waals surface area contributed by atoms with Gasteiger partial charge >= 0.3 is 0 Å². The van der Waals surface area contributed by atoms with Crippen molar-refractivity contribution in [3.05, 3.63) is 70.1 Å². The summed E-state index contributed by atoms with van der Waals surface area (Å²) < 4.78 is 0. The topological polar surface area (TPSA) is 53.2 Å². The Hall–Kier alpha value is -2.36. The Morgan fingerprint density at radius 1 is 1.15 bits per heavy atom. The molecule has 0 bridgehead atoms. The van der Waals surface area contributed by atoms with Crippen molar-refractivity contribution in [2.24, 2.45) is 0 Å². The Morgan fingerprint density at radius 3 is 2.50 bits per heavy atom. The number of nitrogens with one attached hydrogen (secondary N) is 1. The summed E-state index contributed by atoms with van der Waals surface area (Å²) in [5, 5.41) is 0. The zero-order valence-corrected chi connectivity index (χ0v) is 11.1. The van der Waals surface area contributed by atoms with Crippen LogP contribution in [-0.4, -0.2) is 21.8 Å². The molecule has 1 heterocycles. The average molecular weight is 268 g/mol. The van der Waals surface area contributed by atoms with Gasteiger partial charge in [0.25, 0.3) is 5.91 Å². The summed E-state index contributed by atoms with van der Waals surface area (Å²) in [6.07, 6.45) is 3.61. The van der Waals surface area contributed by atoms with Crippen molar-refractivity contribution in [2.75, 3.05) is 0 Å². The molecule has 4 heteroatoms. The Morgan fingerprint density at radius 2 is 1.90 bits per heavy atom. The van der Waals surface area contributed by atoms with Gasteiger partial charge in [-0.25, -0.2) is 0 Å². The fourth-order valence-corrected chi connectivity index (χ4v) is 2.24. The zero-order valence-electron chi connectivity index (χ0n) is 11.1. The van der Waals surface area contributed by atoms with E-state index in [9.17, 15) is 9.59 Å². The first kappa shape index (κ1) is 12.7. The van der Waals surface area contributed by atoms with Crippen LogP contribution in [0.1, 0.15) is 28.8 Å². The Balaban J connectivity index is 1.82. The molecule has 102 valence electrons. The van der Waals surface area contributed by atoms with E-state index in [-0.39, 0.29) is 11.5 Å². The van der Waals surface area contributed by atoms with Crippen LogP contribution in [0.4, 0.5) is 0 Å². The van der Waals surface area contributed by atoms with E-state index in [4.69, 9.17) is 0 Å². The number of pyridine rings is 1. The van der Waals surface area contributed by atoms with E-state index in [1.54, 1.807) is 6.07 Å². The van der Waals surface area contributed by atoms with Crippen LogP contribution >= 0.6 is 0 Å². The van der Waals surface area contributed by atoms with Crippen molar-refractivity contribution in [1.82, 2.24) is 9.88 Å². The van der Waals surface area contributed by atoms with Crippen LogP contribution in [0.2, 0.25) is 0 Å². The number of aromatic amines is 1. The molecule has 1 amide bonds. The molecule has 0 radical (unpaired) electrons. The maximum Gasteiger partial charge on any atom is 0.255 e. The standard InChI is InChI=1S/C16H16N2O2/c19-15-9-6-13(10-17-15)16(20)18(14-7-8-14)11-12-4-2-1-3-5-12/h1-6,9-10,14H,7-8,11H2,(H,17,19). The summed E-state index contributed by atoms with van der Waals surface area (Å²) >= 11 is 0. The van der Waals surface area contributed by atoms with Crippen LogP contribution in [0.3, 0.4) is 0 Å². The first-order valence-corrected chi connectivity index (χ1v) is 6.78. The minimum atomic E-state index is -0.192. The lowest BCUT2D eigenvalue weighted by Gasteiger charge is -2.22. The van der Waals surface area contributed by atoms with Crippen molar-refractivity contribution in [2.45, 2.75) is 25.4 Å². The fourth-order valence-electron chi connectivity index (χ4n) is 2.24. The minimum Gasteiger partial charge on any atom is -0.331 e. The van der Waals surface area contributed by atoms with Crippen LogP contribution in [0.5, 0.6) is 0 Å². The zero-order chi connectivity index (χ0) is 13.9. The second-order valence-corrected chi connectivity index (χ2v) is 5.09. The van der Waals surface area contributed by atoms with Gasteiger partial charge in [0.05, 0.1) is 5.56 Å². The van der Waals surface area contributed by atoms with Gasteiger partial charge in [-0.2, -0.15) is 0 Å². The molecule has 0 aliphatic heterocycles. The molecular formula is C16H16N2O2. The highest BCUT2D eigenvalue weighted by atomic mass is 16.2. The largest absolute Gasteiger partial charge is 0.331 e. The highest BCUT2D eigenvalue weighted by Crippen LogP contribution is 2.29. The van der Waals surface area contributed by atoms with Crippen LogP contribution in [-0.2, 0) is 6.54 Å². The number of amides is 1. The summed E-state index contributed by atoms with van der Waals surface area (Å²) in [5.41, 5.74) is 1.46. The first-order valence-electron chi connectivity index (χ1n) is 6.78. The van der Waals surface area contributed by atoms with Gasteiger partial charge in [-0.15, -0.1) is 0 Å². The number of carbonyl (C=O) groups is 1. The van der Waals surface area contributed by atoms with Crippen LogP contribution in [0.15, 0.2) is 53.5 Å². The molecule has 0 saturated heterocycles. The lowest BCUT2D eigenvalue weighted by atomic mass is 10.2. The molecule has 0 unspecified atom stereocenters. The molecule has 0 spiro atoms. The van der Waals surface area contributed by atoms with E-state index < -0.39 is 0 Å². The third-order valence-corrected chi connectivity index (χ3v) is 3.48. The first-order chi connectivity index (χ1) is 9.74. The third-order valence-electron chi connectivity index (χ3n) is 3.48. The molecule has 0 atom stereocenters. The lowest BCUT2D eigenvalue weighted by molar-refractivity contribution is 0.0729. The van der Waals surface area contributed by atoms with Gasteiger partial charge in [0, 0.05) is 24.8 Å². The minimum absolute atomic E-state index is 0.0207. The predicted octanol–water partition coefficient (Wildman–Crippen LogP) is 2.18. The number of hydrogen-bond acceptors (Lipinski definition) is 2. The van der Waals surface area contributed by atoms with E-state index in [0.717, 1.165) is 18.4 Å². The summed E-state index contributed by atoms with van der Waals surface area (Å²) in [5.74, 6) is -0.0207. The molecule has 1 aliphatic carbocycles. The quantitative estimate of drug-likeness (QED) is 0.924. The van der Waals surface area contributed by atoms with Crippen molar-refractivity contribution in [3.8, 4) is 0 Å². The molecule has 1 aromatic heterocycles. The third kappa shape index (κ3) is 2.79. The van der Waals surface area contributed by atoms with Gasteiger partial charge in [-0.3, -0.25) is 9.59 Å². The monoisotopic (exact) mass is 268 g/mol. The van der Waals surface area contributed by atoms with Gasteiger partial charge < -0.3 is 9.88 Å². The van der Waals surface area contributed by atoms with E-state index in [1.165, 1.54) is 12.3 Å². The van der Waals surface area contributed by atoms with Gasteiger partial charge in [-0.05, 0) is 24.5 Å². The van der Waals surface area contributed by atoms with Crippen molar-refractivity contribution < 1.29 is 4.79 Å². The van der Waals surface area contributed by atoms with E-state index in [1.807, 2.05) is 35.2 Å². The molecule has 4 nitrogen and oxygen atoms in total. The number of rotatable bonds is 4. The van der Waals surface area contributed by atoms with Crippen LogP contribution in [0.25, 0.3) is 0 Å². The highest BCUT2D eigenvalue weighted by Gasteiger charge is 2.33. The summed E-state index contributed by atoms with van der Waals surface area (Å²) in [7, 11) is 0. The Bertz CT molecular complexity index is 639. The molecule has 1 saturated carbocycles. The highest BCUT2D eigenvalue weighted by molar-refractivity contribution is 5.94. The number of H-pyrrole nitrogens is 1. The molecular weight excluding hydrogens is 252 g/mol. The number of hydrogen-bond donors (Lipinski definition) is 1. The molecule has 1 fully saturated rings. The van der Waals surface area contributed by atoms with Crippen LogP contribution in [0, 0.1) is 0 Å². The number of nitrogens with zero attached hydrogens (tertiary/aromatic N) is 1. The van der Waals surface area contributed by atoms with Gasteiger partial charge in [0.15, 0.2) is 0 Å². The summed E-state index contributed by atoms with van der Waals surface area (Å²) in [4.78, 5) is 28.1. The maximum absolute atomic E-state index is 12.5. The van der Waals surface area contributed by atoms with Crippen LogP contribution < -0.4 is 5.56 Å². The average Bonchev–Trinajstić information content (AvgIpc) is 3.30. The predicted molar refractivity (Wildman–Crippen MR) is 76.4 cm³/mol.